The molecule has 1 heterocycles. The summed E-state index contributed by atoms with van der Waals surface area (Å²) in [6.07, 6.45) is 6.95. The quantitative estimate of drug-likeness (QED) is 0.137. The van der Waals surface area contributed by atoms with Gasteiger partial charge in [-0.2, -0.15) is 9.78 Å². The molecule has 38 heavy (non-hydrogen) atoms. The van der Waals surface area contributed by atoms with Crippen LogP contribution in [0.5, 0.6) is 17.2 Å². The molecule has 0 bridgehead atoms. The van der Waals surface area contributed by atoms with Gasteiger partial charge < -0.3 is 14.2 Å². The maximum atomic E-state index is 13.7. The Hall–Kier alpha value is -3.84. The van der Waals surface area contributed by atoms with Gasteiger partial charge in [0.25, 0.3) is 5.56 Å². The Kier molecular flexibility index (Phi) is 8.37. The number of benzene rings is 3. The molecule has 0 aliphatic heterocycles. The van der Waals surface area contributed by atoms with Gasteiger partial charge in [0.05, 0.1) is 34.9 Å². The molecule has 3 aromatic carbocycles. The number of fused-ring (bicyclic) bond motifs is 1. The second kappa shape index (κ2) is 11.7. The van der Waals surface area contributed by atoms with Gasteiger partial charge in [0.15, 0.2) is 17.3 Å². The summed E-state index contributed by atoms with van der Waals surface area (Å²) in [6, 6.07) is 14.9. The lowest BCUT2D eigenvalue weighted by Crippen LogP contribution is -2.21. The van der Waals surface area contributed by atoms with Crippen molar-refractivity contribution < 1.29 is 14.2 Å². The minimum Gasteiger partial charge on any atom is -0.496 e. The third kappa shape index (κ3) is 5.38. The molecule has 0 radical (unpaired) electrons. The van der Waals surface area contributed by atoms with Gasteiger partial charge in [0, 0.05) is 5.56 Å². The summed E-state index contributed by atoms with van der Waals surface area (Å²) >= 11 is 2.16. The fourth-order valence-corrected chi connectivity index (χ4v) is 4.95. The van der Waals surface area contributed by atoms with Crippen LogP contribution in [0.15, 0.2) is 58.4 Å². The van der Waals surface area contributed by atoms with Gasteiger partial charge >= 0.3 is 0 Å². The second-order valence-electron chi connectivity index (χ2n) is 8.90. The summed E-state index contributed by atoms with van der Waals surface area (Å²) in [5, 5.41) is 5.10. The van der Waals surface area contributed by atoms with Gasteiger partial charge in [0.1, 0.15) is 12.4 Å². The smallest absolute Gasteiger partial charge is 0.282 e. The highest BCUT2D eigenvalue weighted by Gasteiger charge is 2.18. The average Bonchev–Trinajstić information content (AvgIpc) is 2.91. The van der Waals surface area contributed by atoms with E-state index in [1.54, 1.807) is 32.6 Å². The maximum absolute atomic E-state index is 13.7. The van der Waals surface area contributed by atoms with E-state index < -0.39 is 0 Å². The summed E-state index contributed by atoms with van der Waals surface area (Å²) in [4.78, 5) is 18.6. The number of rotatable bonds is 8. The SMILES string of the molecule is C#CCOc1c(I)cc(C=Nn2c(-c3cc(C(C)C)c(OC)cc3C)nc3ccccc3c2=O)cc1OC. The normalized spacial score (nSPS) is 11.2. The van der Waals surface area contributed by atoms with E-state index in [-0.39, 0.29) is 18.1 Å². The number of terminal acetylenes is 1. The zero-order valence-corrected chi connectivity index (χ0v) is 24.1. The second-order valence-corrected chi connectivity index (χ2v) is 10.1. The van der Waals surface area contributed by atoms with Crippen LogP contribution in [0.2, 0.25) is 0 Å². The molecule has 0 atom stereocenters. The van der Waals surface area contributed by atoms with E-state index in [0.29, 0.717) is 28.2 Å². The number of nitrogens with zero attached hydrogens (tertiary/aromatic N) is 3. The van der Waals surface area contributed by atoms with E-state index in [2.05, 4.69) is 47.5 Å². The highest BCUT2D eigenvalue weighted by atomic mass is 127. The predicted molar refractivity (Wildman–Crippen MR) is 160 cm³/mol. The third-order valence-corrected chi connectivity index (χ3v) is 6.87. The van der Waals surface area contributed by atoms with E-state index in [1.807, 2.05) is 43.3 Å². The van der Waals surface area contributed by atoms with Gasteiger partial charge in [-0.25, -0.2) is 4.98 Å². The van der Waals surface area contributed by atoms with Crippen LogP contribution in [0, 0.1) is 22.8 Å². The highest BCUT2D eigenvalue weighted by Crippen LogP contribution is 2.35. The van der Waals surface area contributed by atoms with Crippen LogP contribution in [-0.2, 0) is 0 Å². The van der Waals surface area contributed by atoms with E-state index in [4.69, 9.17) is 25.6 Å². The van der Waals surface area contributed by atoms with E-state index >= 15 is 0 Å². The molecule has 0 N–H and O–H groups in total. The number of aromatic nitrogens is 2. The summed E-state index contributed by atoms with van der Waals surface area (Å²) < 4.78 is 18.9. The highest BCUT2D eigenvalue weighted by molar-refractivity contribution is 14.1. The van der Waals surface area contributed by atoms with Crippen LogP contribution >= 0.6 is 22.6 Å². The first kappa shape index (κ1) is 27.2. The van der Waals surface area contributed by atoms with Crippen molar-refractivity contribution >= 4 is 39.7 Å². The molecular formula is C30H28IN3O4. The van der Waals surface area contributed by atoms with Crippen molar-refractivity contribution in [1.82, 2.24) is 9.66 Å². The van der Waals surface area contributed by atoms with Gasteiger partial charge in [-0.3, -0.25) is 4.79 Å². The van der Waals surface area contributed by atoms with Gasteiger partial charge in [-0.05, 0) is 88.5 Å². The Morgan fingerprint density at radius 3 is 2.55 bits per heavy atom. The molecule has 8 heteroatoms. The van der Waals surface area contributed by atoms with Crippen molar-refractivity contribution in [3.63, 3.8) is 0 Å². The molecule has 194 valence electrons. The zero-order valence-electron chi connectivity index (χ0n) is 21.9. The predicted octanol–water partition coefficient (Wildman–Crippen LogP) is 6.01. The molecule has 0 amide bonds. The van der Waals surface area contributed by atoms with Crippen molar-refractivity contribution in [1.29, 1.82) is 0 Å². The maximum Gasteiger partial charge on any atom is 0.282 e. The number of aryl methyl sites for hydroxylation is 1. The molecule has 0 saturated carbocycles. The number of methoxy groups -OCH3 is 2. The van der Waals surface area contributed by atoms with Crippen molar-refractivity contribution in [2.24, 2.45) is 5.10 Å². The summed E-state index contributed by atoms with van der Waals surface area (Å²) in [5.41, 5.74) is 3.81. The van der Waals surface area contributed by atoms with Crippen LogP contribution < -0.4 is 19.8 Å². The van der Waals surface area contributed by atoms with E-state index in [9.17, 15) is 4.79 Å². The molecule has 0 aliphatic carbocycles. The van der Waals surface area contributed by atoms with Crippen LogP contribution in [-0.4, -0.2) is 36.7 Å². The summed E-state index contributed by atoms with van der Waals surface area (Å²) in [6.45, 7) is 6.30. The molecule has 0 saturated heterocycles. The molecule has 4 rings (SSSR count). The molecular weight excluding hydrogens is 593 g/mol. The Morgan fingerprint density at radius 2 is 1.87 bits per heavy atom. The van der Waals surface area contributed by atoms with E-state index in [1.165, 1.54) is 4.68 Å². The first-order valence-corrected chi connectivity index (χ1v) is 13.1. The van der Waals surface area contributed by atoms with Crippen LogP contribution in [0.3, 0.4) is 0 Å². The molecule has 1 aromatic heterocycles. The molecule has 0 unspecified atom stereocenters. The van der Waals surface area contributed by atoms with Gasteiger partial charge in [-0.15, -0.1) is 6.42 Å². The minimum atomic E-state index is -0.265. The summed E-state index contributed by atoms with van der Waals surface area (Å²) in [7, 11) is 3.22. The number of ether oxygens (including phenoxy) is 3. The van der Waals surface area contributed by atoms with Crippen molar-refractivity contribution in [3.8, 4) is 41.0 Å². The number of halogens is 1. The van der Waals surface area contributed by atoms with Crippen LogP contribution in [0.1, 0.15) is 36.5 Å². The van der Waals surface area contributed by atoms with Crippen molar-refractivity contribution in [2.45, 2.75) is 26.7 Å². The van der Waals surface area contributed by atoms with Gasteiger partial charge in [0.2, 0.25) is 0 Å². The Bertz CT molecular complexity index is 1630. The molecule has 4 aromatic rings. The number of hydrogen-bond donors (Lipinski definition) is 0. The monoisotopic (exact) mass is 621 g/mol. The fraction of sp³-hybridized carbons (Fsp3) is 0.233. The third-order valence-electron chi connectivity index (χ3n) is 6.07. The first-order valence-electron chi connectivity index (χ1n) is 12.0. The van der Waals surface area contributed by atoms with Crippen LogP contribution in [0.4, 0.5) is 0 Å². The van der Waals surface area contributed by atoms with Crippen molar-refractivity contribution in [3.05, 3.63) is 79.1 Å². The average molecular weight is 621 g/mol. The van der Waals surface area contributed by atoms with Crippen LogP contribution in [0.25, 0.3) is 22.3 Å². The first-order chi connectivity index (χ1) is 18.3. The lowest BCUT2D eigenvalue weighted by Gasteiger charge is -2.17. The standard InChI is InChI=1S/C30H28IN3O4/c1-7-12-38-28-24(31)14-20(15-27(28)37-6)17-32-34-29(33-25-11-9-8-10-21(25)30(34)35)23-16-22(18(2)3)26(36-5)13-19(23)4/h1,8-11,13-18H,12H2,2-6H3. The molecule has 0 aliphatic rings. The van der Waals surface area contributed by atoms with Crippen molar-refractivity contribution in [2.75, 3.05) is 20.8 Å². The fourth-order valence-electron chi connectivity index (χ4n) is 4.16. The zero-order chi connectivity index (χ0) is 27.4. The lowest BCUT2D eigenvalue weighted by atomic mass is 9.96. The molecule has 0 fully saturated rings. The summed E-state index contributed by atoms with van der Waals surface area (Å²) in [5.74, 6) is 4.99. The van der Waals surface area contributed by atoms with Gasteiger partial charge in [-0.1, -0.05) is 31.9 Å². The van der Waals surface area contributed by atoms with E-state index in [0.717, 1.165) is 31.6 Å². The largest absolute Gasteiger partial charge is 0.496 e. The Morgan fingerprint density at radius 1 is 1.13 bits per heavy atom. The lowest BCUT2D eigenvalue weighted by molar-refractivity contribution is 0.328. The molecule has 0 spiro atoms. The number of para-hydroxylation sites is 1. The Labute approximate surface area is 235 Å². The number of hydrogen-bond acceptors (Lipinski definition) is 6. The Balaban J connectivity index is 1.93. The minimum absolute atomic E-state index is 0.126. The molecule has 7 nitrogen and oxygen atoms in total. The topological polar surface area (TPSA) is 74.9 Å².